The molecular formula is C28H34N4O3S. The summed E-state index contributed by atoms with van der Waals surface area (Å²) in [6.07, 6.45) is 9.47. The van der Waals surface area contributed by atoms with Crippen molar-refractivity contribution < 1.29 is 13.2 Å². The summed E-state index contributed by atoms with van der Waals surface area (Å²) in [5.74, 6) is 0.749. The van der Waals surface area contributed by atoms with Gasteiger partial charge in [-0.3, -0.25) is 9.78 Å². The van der Waals surface area contributed by atoms with Crippen molar-refractivity contribution in [2.45, 2.75) is 63.3 Å². The maximum atomic E-state index is 13.6. The lowest BCUT2D eigenvalue weighted by atomic mass is 9.86. The molecule has 190 valence electrons. The van der Waals surface area contributed by atoms with Crippen molar-refractivity contribution in [2.24, 2.45) is 11.8 Å². The number of amides is 1. The van der Waals surface area contributed by atoms with E-state index in [1.807, 2.05) is 12.1 Å². The summed E-state index contributed by atoms with van der Waals surface area (Å²) >= 11 is 0. The fraction of sp³-hybridized carbons (Fsp3) is 0.464. The molecule has 1 amide bonds. The van der Waals surface area contributed by atoms with Crippen LogP contribution in [0, 0.1) is 11.8 Å². The third kappa shape index (κ3) is 5.02. The molecule has 1 saturated carbocycles. The van der Waals surface area contributed by atoms with Gasteiger partial charge in [-0.05, 0) is 73.9 Å². The summed E-state index contributed by atoms with van der Waals surface area (Å²) < 4.78 is 28.5. The smallest absolute Gasteiger partial charge is 0.252 e. The number of nitrogens with zero attached hydrogens (tertiary/aromatic N) is 3. The predicted molar refractivity (Wildman–Crippen MR) is 141 cm³/mol. The molecule has 2 fully saturated rings. The predicted octanol–water partition coefficient (Wildman–Crippen LogP) is 5.03. The van der Waals surface area contributed by atoms with E-state index >= 15 is 0 Å². The number of hydrogen-bond donors (Lipinski definition) is 1. The van der Waals surface area contributed by atoms with Gasteiger partial charge < -0.3 is 5.32 Å². The Kier molecular flexibility index (Phi) is 7.08. The third-order valence-corrected chi connectivity index (χ3v) is 9.69. The van der Waals surface area contributed by atoms with Crippen LogP contribution in [-0.2, 0) is 10.0 Å². The summed E-state index contributed by atoms with van der Waals surface area (Å²) in [6, 6.07) is 10.6. The fourth-order valence-corrected chi connectivity index (χ4v) is 6.86. The Morgan fingerprint density at radius 1 is 1.03 bits per heavy atom. The average molecular weight is 507 g/mol. The molecule has 2 aromatic heterocycles. The van der Waals surface area contributed by atoms with Gasteiger partial charge in [0.2, 0.25) is 10.0 Å². The molecule has 2 aliphatic rings. The molecule has 3 aromatic rings. The van der Waals surface area contributed by atoms with Gasteiger partial charge in [-0.25, -0.2) is 13.4 Å². The van der Waals surface area contributed by atoms with Gasteiger partial charge in [-0.2, -0.15) is 4.31 Å². The molecule has 1 saturated heterocycles. The lowest BCUT2D eigenvalue weighted by Gasteiger charge is -2.30. The first kappa shape index (κ1) is 24.8. The van der Waals surface area contributed by atoms with Gasteiger partial charge in [-0.15, -0.1) is 0 Å². The maximum absolute atomic E-state index is 13.6. The van der Waals surface area contributed by atoms with Gasteiger partial charge in [0.1, 0.15) is 0 Å². The highest BCUT2D eigenvalue weighted by atomic mass is 32.2. The standard InChI is InChI=1S/C28H34N4O3S/c1-19-11-14-32(15-12-19)36(34,35)22-9-10-26-23(16-22)24(17-27(30-26)21-7-5-13-29-18-21)28(33)31-25-8-4-3-6-20(25)2/h5,7,9-10,13,16-20,25H,3-4,6,8,11-12,14-15H2,1-2H3,(H,31,33)/t20-,25-/m1/s1. The fourth-order valence-electron chi connectivity index (χ4n) is 5.37. The monoisotopic (exact) mass is 506 g/mol. The molecule has 1 aromatic carbocycles. The van der Waals surface area contributed by atoms with E-state index in [1.54, 1.807) is 41.0 Å². The number of hydrogen-bond acceptors (Lipinski definition) is 5. The molecule has 0 bridgehead atoms. The first-order valence-electron chi connectivity index (χ1n) is 13.0. The van der Waals surface area contributed by atoms with Crippen LogP contribution in [0.15, 0.2) is 53.7 Å². The Hall–Kier alpha value is -2.84. The first-order valence-corrected chi connectivity index (χ1v) is 14.4. The summed E-state index contributed by atoms with van der Waals surface area (Å²) in [7, 11) is -3.65. The van der Waals surface area contributed by atoms with E-state index in [1.165, 1.54) is 6.42 Å². The highest BCUT2D eigenvalue weighted by Gasteiger charge is 2.29. The number of aromatic nitrogens is 2. The van der Waals surface area contributed by atoms with Crippen molar-refractivity contribution in [3.05, 3.63) is 54.4 Å². The Balaban J connectivity index is 1.57. The summed E-state index contributed by atoms with van der Waals surface area (Å²) in [6.45, 7) is 5.38. The molecule has 7 nitrogen and oxygen atoms in total. The minimum absolute atomic E-state index is 0.110. The molecule has 0 spiro atoms. The Bertz CT molecular complexity index is 1350. The minimum Gasteiger partial charge on any atom is -0.349 e. The number of piperidine rings is 1. The second-order valence-electron chi connectivity index (χ2n) is 10.4. The largest absolute Gasteiger partial charge is 0.349 e. The molecule has 8 heteroatoms. The van der Waals surface area contributed by atoms with Crippen molar-refractivity contribution in [1.82, 2.24) is 19.6 Å². The highest BCUT2D eigenvalue weighted by molar-refractivity contribution is 7.89. The number of fused-ring (bicyclic) bond motifs is 1. The maximum Gasteiger partial charge on any atom is 0.252 e. The van der Waals surface area contributed by atoms with Crippen LogP contribution in [0.1, 0.15) is 62.7 Å². The summed E-state index contributed by atoms with van der Waals surface area (Å²) in [5.41, 5.74) is 2.47. The molecule has 0 radical (unpaired) electrons. The molecule has 0 unspecified atom stereocenters. The van der Waals surface area contributed by atoms with E-state index in [2.05, 4.69) is 24.1 Å². The SMILES string of the molecule is CC1CCN(S(=O)(=O)c2ccc3nc(-c4cccnc4)cc(C(=O)N[C@@H]4CCCC[C@H]4C)c3c2)CC1. The number of rotatable bonds is 5. The van der Waals surface area contributed by atoms with Gasteiger partial charge in [0, 0.05) is 42.5 Å². The second kappa shape index (κ2) is 10.3. The zero-order chi connectivity index (χ0) is 25.3. The molecular weight excluding hydrogens is 472 g/mol. The van der Waals surface area contributed by atoms with E-state index < -0.39 is 10.0 Å². The van der Waals surface area contributed by atoms with Gasteiger partial charge in [-0.1, -0.05) is 26.7 Å². The van der Waals surface area contributed by atoms with Crippen LogP contribution < -0.4 is 5.32 Å². The van der Waals surface area contributed by atoms with Gasteiger partial charge >= 0.3 is 0 Å². The molecule has 1 aliphatic carbocycles. The Morgan fingerprint density at radius 2 is 1.81 bits per heavy atom. The zero-order valence-electron chi connectivity index (χ0n) is 21.0. The van der Waals surface area contributed by atoms with Crippen LogP contribution in [-0.4, -0.2) is 47.7 Å². The number of carbonyl (C=O) groups excluding carboxylic acids is 1. The second-order valence-corrected chi connectivity index (χ2v) is 12.3. The number of pyridine rings is 2. The van der Waals surface area contributed by atoms with Crippen molar-refractivity contribution in [1.29, 1.82) is 0 Å². The van der Waals surface area contributed by atoms with E-state index in [0.717, 1.165) is 37.7 Å². The zero-order valence-corrected chi connectivity index (χ0v) is 21.8. The molecule has 5 rings (SSSR count). The lowest BCUT2D eigenvalue weighted by molar-refractivity contribution is 0.0912. The van der Waals surface area contributed by atoms with Crippen molar-refractivity contribution in [3.8, 4) is 11.3 Å². The van der Waals surface area contributed by atoms with Crippen LogP contribution in [0.5, 0.6) is 0 Å². The summed E-state index contributed by atoms with van der Waals surface area (Å²) in [4.78, 5) is 22.8. The molecule has 1 N–H and O–H groups in total. The van der Waals surface area contributed by atoms with E-state index in [4.69, 9.17) is 4.98 Å². The lowest BCUT2D eigenvalue weighted by Crippen LogP contribution is -2.41. The number of benzene rings is 1. The van der Waals surface area contributed by atoms with Crippen LogP contribution >= 0.6 is 0 Å². The highest BCUT2D eigenvalue weighted by Crippen LogP contribution is 2.30. The molecule has 3 heterocycles. The normalized spacial score (nSPS) is 21.9. The minimum atomic E-state index is -3.65. The third-order valence-electron chi connectivity index (χ3n) is 7.79. The van der Waals surface area contributed by atoms with Crippen molar-refractivity contribution >= 4 is 26.8 Å². The van der Waals surface area contributed by atoms with E-state index in [0.29, 0.717) is 47.1 Å². The van der Waals surface area contributed by atoms with Crippen LogP contribution in [0.2, 0.25) is 0 Å². The van der Waals surface area contributed by atoms with Crippen LogP contribution in [0.4, 0.5) is 0 Å². The molecule has 2 atom stereocenters. The van der Waals surface area contributed by atoms with E-state index in [9.17, 15) is 13.2 Å². The number of nitrogens with one attached hydrogen (secondary N) is 1. The molecule has 1 aliphatic heterocycles. The summed E-state index contributed by atoms with van der Waals surface area (Å²) in [5, 5.41) is 3.79. The quantitative estimate of drug-likeness (QED) is 0.524. The van der Waals surface area contributed by atoms with Gasteiger partial charge in [0.05, 0.1) is 21.7 Å². The Labute approximate surface area is 213 Å². The van der Waals surface area contributed by atoms with Crippen molar-refractivity contribution in [3.63, 3.8) is 0 Å². The average Bonchev–Trinajstić information content (AvgIpc) is 2.89. The van der Waals surface area contributed by atoms with Crippen LogP contribution in [0.25, 0.3) is 22.2 Å². The Morgan fingerprint density at radius 3 is 2.53 bits per heavy atom. The van der Waals surface area contributed by atoms with Crippen LogP contribution in [0.3, 0.4) is 0 Å². The number of sulfonamides is 1. The van der Waals surface area contributed by atoms with Gasteiger partial charge in [0.25, 0.3) is 5.91 Å². The molecule has 36 heavy (non-hydrogen) atoms. The first-order chi connectivity index (χ1) is 17.3. The topological polar surface area (TPSA) is 92.3 Å². The van der Waals surface area contributed by atoms with Gasteiger partial charge in [0.15, 0.2) is 0 Å². The van der Waals surface area contributed by atoms with Crippen molar-refractivity contribution in [2.75, 3.05) is 13.1 Å². The van der Waals surface area contributed by atoms with E-state index in [-0.39, 0.29) is 16.8 Å². The number of carbonyl (C=O) groups is 1.